The predicted octanol–water partition coefficient (Wildman–Crippen LogP) is 6.29. The molecule has 0 saturated heterocycles. The number of hydrogen-bond acceptors (Lipinski definition) is 4. The summed E-state index contributed by atoms with van der Waals surface area (Å²) in [6.07, 6.45) is 5.36. The minimum absolute atomic E-state index is 0.298. The largest absolute Gasteiger partial charge is 0.490 e. The van der Waals surface area contributed by atoms with Gasteiger partial charge in [-0.25, -0.2) is 5.43 Å². The van der Waals surface area contributed by atoms with E-state index in [9.17, 15) is 4.79 Å². The second-order valence-corrected chi connectivity index (χ2v) is 8.70. The van der Waals surface area contributed by atoms with Gasteiger partial charge in [0.2, 0.25) is 0 Å². The molecule has 0 radical (unpaired) electrons. The summed E-state index contributed by atoms with van der Waals surface area (Å²) < 4.78 is 14.5. The Bertz CT molecular complexity index is 1330. The number of hydrazone groups is 1. The van der Waals surface area contributed by atoms with Crippen molar-refractivity contribution in [1.29, 1.82) is 0 Å². The van der Waals surface area contributed by atoms with Crippen LogP contribution in [-0.2, 0) is 6.61 Å². The lowest BCUT2D eigenvalue weighted by atomic mass is 10.1. The molecule has 0 unspecified atom stereocenters. The minimum Gasteiger partial charge on any atom is -0.490 e. The number of benzene rings is 3. The number of para-hydroxylation sites is 1. The molecular weight excluding hydrogens is 506 g/mol. The first-order valence-electron chi connectivity index (χ1n) is 11.3. The summed E-state index contributed by atoms with van der Waals surface area (Å²) in [7, 11) is 0. The predicted molar refractivity (Wildman–Crippen MR) is 142 cm³/mol. The molecule has 1 N–H and O–H groups in total. The molecule has 1 heterocycles. The van der Waals surface area contributed by atoms with Crippen molar-refractivity contribution in [2.24, 2.45) is 5.10 Å². The highest BCUT2D eigenvalue weighted by atomic mass is 79.9. The van der Waals surface area contributed by atoms with Crippen LogP contribution in [0.3, 0.4) is 0 Å². The molecule has 0 fully saturated rings. The van der Waals surface area contributed by atoms with E-state index in [2.05, 4.69) is 45.5 Å². The van der Waals surface area contributed by atoms with Crippen molar-refractivity contribution in [1.82, 2.24) is 9.99 Å². The number of nitrogens with one attached hydrogen (secondary N) is 1. The maximum atomic E-state index is 12.8. The first-order valence-corrected chi connectivity index (χ1v) is 12.0. The molecule has 178 valence electrons. The smallest absolute Gasteiger partial charge is 0.273 e. The molecule has 0 atom stereocenters. The third-order valence-electron chi connectivity index (χ3n) is 5.21. The average molecular weight is 532 g/mol. The van der Waals surface area contributed by atoms with Gasteiger partial charge in [-0.15, -0.1) is 0 Å². The van der Waals surface area contributed by atoms with Gasteiger partial charge >= 0.3 is 0 Å². The molecule has 0 spiro atoms. The fraction of sp³-hybridized carbons (Fsp3) is 0.143. The van der Waals surface area contributed by atoms with Gasteiger partial charge in [-0.2, -0.15) is 5.10 Å². The monoisotopic (exact) mass is 531 g/mol. The van der Waals surface area contributed by atoms with E-state index in [1.165, 1.54) is 5.56 Å². The number of halogens is 1. The third kappa shape index (κ3) is 6.19. The van der Waals surface area contributed by atoms with Crippen molar-refractivity contribution >= 4 is 28.1 Å². The van der Waals surface area contributed by atoms with Gasteiger partial charge in [-0.3, -0.25) is 4.79 Å². The summed E-state index contributed by atoms with van der Waals surface area (Å²) in [5.74, 6) is 0.920. The first kappa shape index (κ1) is 24.3. The quantitative estimate of drug-likeness (QED) is 0.204. The molecule has 0 bridgehead atoms. The number of aryl methyl sites for hydroxylation is 1. The lowest BCUT2D eigenvalue weighted by Crippen LogP contribution is -2.19. The van der Waals surface area contributed by atoms with Gasteiger partial charge in [0, 0.05) is 12.4 Å². The number of rotatable bonds is 9. The van der Waals surface area contributed by atoms with Crippen molar-refractivity contribution in [2.45, 2.75) is 20.5 Å². The summed E-state index contributed by atoms with van der Waals surface area (Å²) in [5.41, 5.74) is 6.93. The van der Waals surface area contributed by atoms with Crippen LogP contribution in [0, 0.1) is 6.92 Å². The molecule has 0 aliphatic heterocycles. The number of aromatic nitrogens is 1. The SMILES string of the molecule is CCOc1cc(/C=N\NC(=O)c2ccccc2-n2cccc2)cc(Br)c1OCc1cccc(C)c1. The van der Waals surface area contributed by atoms with Crippen LogP contribution in [0.4, 0.5) is 0 Å². The fourth-order valence-corrected chi connectivity index (χ4v) is 4.21. The second kappa shape index (κ2) is 11.5. The normalized spacial score (nSPS) is 10.9. The van der Waals surface area contributed by atoms with Gasteiger partial charge in [0.05, 0.1) is 28.5 Å². The van der Waals surface area contributed by atoms with Crippen LogP contribution in [0.1, 0.15) is 34.0 Å². The zero-order chi connectivity index (χ0) is 24.6. The first-order chi connectivity index (χ1) is 17.0. The number of carbonyl (C=O) groups excluding carboxylic acids is 1. The zero-order valence-corrected chi connectivity index (χ0v) is 21.2. The Hall–Kier alpha value is -3.84. The summed E-state index contributed by atoms with van der Waals surface area (Å²) in [4.78, 5) is 12.8. The fourth-order valence-electron chi connectivity index (χ4n) is 3.63. The van der Waals surface area contributed by atoms with Gasteiger partial charge in [-0.05, 0) is 77.3 Å². The van der Waals surface area contributed by atoms with Gasteiger partial charge < -0.3 is 14.0 Å². The molecule has 7 heteroatoms. The summed E-state index contributed by atoms with van der Waals surface area (Å²) in [5, 5.41) is 4.16. The van der Waals surface area contributed by atoms with Crippen molar-refractivity contribution < 1.29 is 14.3 Å². The van der Waals surface area contributed by atoms with Gasteiger partial charge in [0.25, 0.3) is 5.91 Å². The van der Waals surface area contributed by atoms with Crippen LogP contribution in [0.15, 0.2) is 94.8 Å². The van der Waals surface area contributed by atoms with Crippen LogP contribution in [-0.4, -0.2) is 23.3 Å². The van der Waals surface area contributed by atoms with Gasteiger partial charge in [0.1, 0.15) is 6.61 Å². The van der Waals surface area contributed by atoms with Crippen LogP contribution in [0.25, 0.3) is 5.69 Å². The Kier molecular flexibility index (Phi) is 8.00. The van der Waals surface area contributed by atoms with Crippen LogP contribution in [0.2, 0.25) is 0 Å². The van der Waals surface area contributed by atoms with Crippen molar-refractivity contribution in [3.05, 3.63) is 112 Å². The van der Waals surface area contributed by atoms with Crippen LogP contribution >= 0.6 is 15.9 Å². The topological polar surface area (TPSA) is 64.8 Å². The lowest BCUT2D eigenvalue weighted by Gasteiger charge is -2.15. The summed E-state index contributed by atoms with van der Waals surface area (Å²) in [6, 6.07) is 23.1. The number of carbonyl (C=O) groups is 1. The molecule has 0 aliphatic rings. The van der Waals surface area contributed by atoms with E-state index in [-0.39, 0.29) is 5.91 Å². The van der Waals surface area contributed by atoms with Crippen molar-refractivity contribution in [3.63, 3.8) is 0 Å². The Balaban J connectivity index is 1.48. The van der Waals surface area contributed by atoms with E-state index in [4.69, 9.17) is 9.47 Å². The van der Waals surface area contributed by atoms with Crippen LogP contribution in [0.5, 0.6) is 11.5 Å². The van der Waals surface area contributed by atoms with Crippen LogP contribution < -0.4 is 14.9 Å². The molecule has 4 rings (SSSR count). The minimum atomic E-state index is -0.298. The van der Waals surface area contributed by atoms with Crippen molar-refractivity contribution in [3.8, 4) is 17.2 Å². The van der Waals surface area contributed by atoms with E-state index in [0.29, 0.717) is 30.3 Å². The third-order valence-corrected chi connectivity index (χ3v) is 5.80. The van der Waals surface area contributed by atoms with Crippen molar-refractivity contribution in [2.75, 3.05) is 6.61 Å². The highest BCUT2D eigenvalue weighted by Gasteiger charge is 2.13. The highest BCUT2D eigenvalue weighted by molar-refractivity contribution is 9.10. The molecule has 3 aromatic carbocycles. The molecule has 0 saturated carbocycles. The Morgan fingerprint density at radius 2 is 1.83 bits per heavy atom. The molecule has 6 nitrogen and oxygen atoms in total. The average Bonchev–Trinajstić information content (AvgIpc) is 3.39. The maximum absolute atomic E-state index is 12.8. The molecule has 35 heavy (non-hydrogen) atoms. The Morgan fingerprint density at radius 1 is 1.03 bits per heavy atom. The maximum Gasteiger partial charge on any atom is 0.273 e. The molecule has 1 aromatic heterocycles. The van der Waals surface area contributed by atoms with E-state index < -0.39 is 0 Å². The highest BCUT2D eigenvalue weighted by Crippen LogP contribution is 2.37. The van der Waals surface area contributed by atoms with Gasteiger partial charge in [0.15, 0.2) is 11.5 Å². The molecule has 1 amide bonds. The standard InChI is InChI=1S/C28H26BrN3O3/c1-3-34-26-17-22(16-24(29)27(26)35-19-21-10-8-9-20(2)15-21)18-30-31-28(33)23-11-4-5-12-25(23)32-13-6-7-14-32/h4-18H,3,19H2,1-2H3,(H,31,33)/b30-18-. The molecule has 0 aliphatic carbocycles. The van der Waals surface area contributed by atoms with E-state index in [1.807, 2.05) is 78.5 Å². The number of amides is 1. The zero-order valence-electron chi connectivity index (χ0n) is 19.6. The lowest BCUT2D eigenvalue weighted by molar-refractivity contribution is 0.0955. The van der Waals surface area contributed by atoms with E-state index in [0.717, 1.165) is 21.3 Å². The molecular formula is C28H26BrN3O3. The Labute approximate surface area is 213 Å². The summed E-state index contributed by atoms with van der Waals surface area (Å²) in [6.45, 7) is 4.88. The van der Waals surface area contributed by atoms with E-state index in [1.54, 1.807) is 12.3 Å². The Morgan fingerprint density at radius 3 is 2.60 bits per heavy atom. The van der Waals surface area contributed by atoms with Gasteiger partial charge in [-0.1, -0.05) is 42.0 Å². The number of hydrogen-bond donors (Lipinski definition) is 1. The number of ether oxygens (including phenoxy) is 2. The number of nitrogens with zero attached hydrogens (tertiary/aromatic N) is 2. The molecule has 4 aromatic rings. The second-order valence-electron chi connectivity index (χ2n) is 7.85. The summed E-state index contributed by atoms with van der Waals surface area (Å²) >= 11 is 3.59. The van der Waals surface area contributed by atoms with E-state index >= 15 is 0 Å².